The Morgan fingerprint density at radius 2 is 2.04 bits per heavy atom. The first-order valence-corrected chi connectivity index (χ1v) is 9.19. The Morgan fingerprint density at radius 1 is 1.11 bits per heavy atom. The van der Waals surface area contributed by atoms with Gasteiger partial charge in [-0.2, -0.15) is 0 Å². The van der Waals surface area contributed by atoms with Crippen molar-refractivity contribution in [1.82, 2.24) is 19.5 Å². The number of imidazole rings is 1. The molecule has 1 aliphatic rings. The number of hydrogen-bond acceptors (Lipinski definition) is 5. The van der Waals surface area contributed by atoms with Crippen LogP contribution in [0, 0.1) is 0 Å². The molecule has 0 saturated carbocycles. The van der Waals surface area contributed by atoms with E-state index in [1.54, 1.807) is 19.6 Å². The van der Waals surface area contributed by atoms with Gasteiger partial charge in [-0.3, -0.25) is 0 Å². The van der Waals surface area contributed by atoms with E-state index in [0.29, 0.717) is 5.95 Å². The molecule has 1 aliphatic carbocycles. The molecule has 6 heteroatoms. The number of aryl methyl sites for hydroxylation is 1. The number of anilines is 2. The highest BCUT2D eigenvalue weighted by atomic mass is 16.5. The monoisotopic (exact) mass is 369 g/mol. The predicted octanol–water partition coefficient (Wildman–Crippen LogP) is 4.18. The van der Waals surface area contributed by atoms with Crippen LogP contribution in [0.2, 0.25) is 0 Å². The lowest BCUT2D eigenvalue weighted by Gasteiger charge is -2.21. The highest BCUT2D eigenvalue weighted by molar-refractivity contribution is 5.73. The minimum atomic E-state index is 0.581. The maximum atomic E-state index is 5.54. The van der Waals surface area contributed by atoms with Crippen molar-refractivity contribution >= 4 is 11.6 Å². The molecule has 0 bridgehead atoms. The molecule has 0 unspecified atom stereocenters. The quantitative estimate of drug-likeness (QED) is 0.585. The zero-order chi connectivity index (χ0) is 18.9. The van der Waals surface area contributed by atoms with Crippen LogP contribution >= 0.6 is 0 Å². The molecule has 138 valence electrons. The largest absolute Gasteiger partial charge is 0.496 e. The number of hydrogen-bond donors (Lipinski definition) is 1. The van der Waals surface area contributed by atoms with Gasteiger partial charge in [-0.05, 0) is 42.7 Å². The molecular weight excluding hydrogens is 350 g/mol. The van der Waals surface area contributed by atoms with Crippen LogP contribution in [0.15, 0.2) is 67.4 Å². The van der Waals surface area contributed by atoms with Crippen LogP contribution in [0.25, 0.3) is 16.9 Å². The smallest absolute Gasteiger partial charge is 0.227 e. The van der Waals surface area contributed by atoms with Gasteiger partial charge < -0.3 is 14.6 Å². The number of nitrogens with zero attached hydrogens (tertiary/aromatic N) is 4. The van der Waals surface area contributed by atoms with E-state index in [1.807, 2.05) is 53.4 Å². The average molecular weight is 369 g/mol. The van der Waals surface area contributed by atoms with E-state index in [0.717, 1.165) is 41.2 Å². The fraction of sp³-hybridized carbons (Fsp3) is 0.136. The Bertz CT molecular complexity index is 1140. The Morgan fingerprint density at radius 3 is 2.89 bits per heavy atom. The van der Waals surface area contributed by atoms with Crippen LogP contribution in [0.4, 0.5) is 11.6 Å². The van der Waals surface area contributed by atoms with Crippen LogP contribution in [-0.4, -0.2) is 26.6 Å². The molecule has 0 spiro atoms. The van der Waals surface area contributed by atoms with Gasteiger partial charge in [-0.15, -0.1) is 0 Å². The van der Waals surface area contributed by atoms with Gasteiger partial charge in [0.1, 0.15) is 5.75 Å². The molecule has 0 amide bonds. The van der Waals surface area contributed by atoms with Gasteiger partial charge in [0, 0.05) is 41.1 Å². The van der Waals surface area contributed by atoms with Crippen molar-refractivity contribution in [1.29, 1.82) is 0 Å². The van der Waals surface area contributed by atoms with Gasteiger partial charge in [0.15, 0.2) is 0 Å². The van der Waals surface area contributed by atoms with Crippen molar-refractivity contribution in [3.63, 3.8) is 0 Å². The zero-order valence-electron chi connectivity index (χ0n) is 15.5. The Hall–Kier alpha value is -3.67. The number of benzene rings is 2. The van der Waals surface area contributed by atoms with Crippen LogP contribution in [0.1, 0.15) is 11.1 Å². The van der Waals surface area contributed by atoms with E-state index in [2.05, 4.69) is 21.4 Å². The van der Waals surface area contributed by atoms with Gasteiger partial charge in [-0.25, -0.2) is 15.0 Å². The summed E-state index contributed by atoms with van der Waals surface area (Å²) in [5.74, 6) is 1.50. The summed E-state index contributed by atoms with van der Waals surface area (Å²) < 4.78 is 7.50. The standard InChI is InChI=1S/C22H19N5O/c1-28-20-7-3-6-19-18(20)9-8-15-13-24-22(26-21(15)19)25-16-4-2-5-17(12-16)27-11-10-23-14-27/h2-7,10-14H,8-9H2,1H3,(H,24,25,26). The molecule has 1 N–H and O–H groups in total. The van der Waals surface area contributed by atoms with Crippen molar-refractivity contribution in [3.05, 3.63) is 78.5 Å². The normalized spacial score (nSPS) is 12.2. The SMILES string of the molecule is COc1cccc2c1CCc1cnc(Nc3cccc(-n4ccnc4)c3)nc1-2. The fourth-order valence-corrected chi connectivity index (χ4v) is 3.66. The van der Waals surface area contributed by atoms with Gasteiger partial charge in [-0.1, -0.05) is 18.2 Å². The molecule has 2 heterocycles. The Balaban J connectivity index is 1.49. The average Bonchev–Trinajstić information content (AvgIpc) is 3.28. The van der Waals surface area contributed by atoms with E-state index in [9.17, 15) is 0 Å². The molecule has 2 aromatic heterocycles. The first kappa shape index (κ1) is 16.5. The zero-order valence-corrected chi connectivity index (χ0v) is 15.5. The summed E-state index contributed by atoms with van der Waals surface area (Å²) in [6, 6.07) is 14.2. The Kier molecular flexibility index (Phi) is 4.01. The maximum absolute atomic E-state index is 5.54. The Labute approximate surface area is 162 Å². The molecule has 0 saturated heterocycles. The van der Waals surface area contributed by atoms with Gasteiger partial charge >= 0.3 is 0 Å². The summed E-state index contributed by atoms with van der Waals surface area (Å²) in [7, 11) is 1.71. The van der Waals surface area contributed by atoms with Crippen molar-refractivity contribution < 1.29 is 4.74 Å². The van der Waals surface area contributed by atoms with Crippen molar-refractivity contribution in [2.75, 3.05) is 12.4 Å². The van der Waals surface area contributed by atoms with Gasteiger partial charge in [0.05, 0.1) is 19.1 Å². The second-order valence-corrected chi connectivity index (χ2v) is 6.70. The molecule has 0 aliphatic heterocycles. The first-order chi connectivity index (χ1) is 13.8. The molecule has 6 nitrogen and oxygen atoms in total. The summed E-state index contributed by atoms with van der Waals surface area (Å²) >= 11 is 0. The lowest BCUT2D eigenvalue weighted by Crippen LogP contribution is -2.09. The molecule has 0 atom stereocenters. The second kappa shape index (κ2) is 6.81. The summed E-state index contributed by atoms with van der Waals surface area (Å²) in [5.41, 5.74) is 6.42. The lowest BCUT2D eigenvalue weighted by atomic mass is 9.89. The van der Waals surface area contributed by atoms with Crippen molar-refractivity contribution in [2.24, 2.45) is 0 Å². The van der Waals surface area contributed by atoms with Crippen LogP contribution in [-0.2, 0) is 12.8 Å². The molecule has 5 rings (SSSR count). The topological polar surface area (TPSA) is 64.9 Å². The molecule has 0 fully saturated rings. The minimum Gasteiger partial charge on any atom is -0.496 e. The van der Waals surface area contributed by atoms with Crippen molar-refractivity contribution in [2.45, 2.75) is 12.8 Å². The molecule has 0 radical (unpaired) electrons. The van der Waals surface area contributed by atoms with Gasteiger partial charge in [0.25, 0.3) is 0 Å². The van der Waals surface area contributed by atoms with Crippen LogP contribution in [0.3, 0.4) is 0 Å². The van der Waals surface area contributed by atoms with E-state index >= 15 is 0 Å². The van der Waals surface area contributed by atoms with Gasteiger partial charge in [0.2, 0.25) is 5.95 Å². The molecule has 2 aromatic carbocycles. The van der Waals surface area contributed by atoms with E-state index in [1.165, 1.54) is 11.1 Å². The van der Waals surface area contributed by atoms with E-state index < -0.39 is 0 Å². The molecular formula is C22H19N5O. The summed E-state index contributed by atoms with van der Waals surface area (Å²) in [6.45, 7) is 0. The van der Waals surface area contributed by atoms with E-state index in [-0.39, 0.29) is 0 Å². The van der Waals surface area contributed by atoms with E-state index in [4.69, 9.17) is 9.72 Å². The number of nitrogens with one attached hydrogen (secondary N) is 1. The second-order valence-electron chi connectivity index (χ2n) is 6.70. The highest BCUT2D eigenvalue weighted by Gasteiger charge is 2.21. The lowest BCUT2D eigenvalue weighted by molar-refractivity contribution is 0.409. The first-order valence-electron chi connectivity index (χ1n) is 9.19. The third-order valence-corrected chi connectivity index (χ3v) is 5.02. The predicted molar refractivity (Wildman–Crippen MR) is 108 cm³/mol. The van der Waals surface area contributed by atoms with Crippen molar-refractivity contribution in [3.8, 4) is 22.7 Å². The molecule has 28 heavy (non-hydrogen) atoms. The summed E-state index contributed by atoms with van der Waals surface area (Å²) in [5, 5.41) is 3.33. The van der Waals surface area contributed by atoms with Crippen LogP contribution < -0.4 is 10.1 Å². The number of ether oxygens (including phenoxy) is 1. The number of aromatic nitrogens is 4. The third-order valence-electron chi connectivity index (χ3n) is 5.02. The number of methoxy groups -OCH3 is 1. The third kappa shape index (κ3) is 2.89. The highest BCUT2D eigenvalue weighted by Crippen LogP contribution is 2.37. The minimum absolute atomic E-state index is 0.581. The summed E-state index contributed by atoms with van der Waals surface area (Å²) in [4.78, 5) is 13.4. The maximum Gasteiger partial charge on any atom is 0.227 e. The number of fused-ring (bicyclic) bond motifs is 3. The number of rotatable bonds is 4. The molecule has 4 aromatic rings. The fourth-order valence-electron chi connectivity index (χ4n) is 3.66. The summed E-state index contributed by atoms with van der Waals surface area (Å²) in [6.07, 6.45) is 9.23. The van der Waals surface area contributed by atoms with Crippen LogP contribution in [0.5, 0.6) is 5.75 Å².